The van der Waals surface area contributed by atoms with Gasteiger partial charge in [-0.15, -0.1) is 5.10 Å². The van der Waals surface area contributed by atoms with Crippen LogP contribution in [0.2, 0.25) is 0 Å². The molecule has 0 aliphatic carbocycles. The summed E-state index contributed by atoms with van der Waals surface area (Å²) in [5, 5.41) is 14.1. The molecule has 0 bridgehead atoms. The Bertz CT molecular complexity index is 1580. The monoisotopic (exact) mass is 521 g/mol. The van der Waals surface area contributed by atoms with Gasteiger partial charge in [0.05, 0.1) is 5.54 Å². The summed E-state index contributed by atoms with van der Waals surface area (Å²) < 4.78 is 1.88. The summed E-state index contributed by atoms with van der Waals surface area (Å²) in [6.07, 6.45) is 4.46. The SMILES string of the molecule is CCC(C)(C)n1nnnc1[C@H](c1cc2cc(C)c(C)cc2[nH]c1=O)N(Cc1ccccc1)Cc1cccnc1. The number of nitrogens with one attached hydrogen (secondary N) is 1. The van der Waals surface area contributed by atoms with E-state index in [0.29, 0.717) is 24.5 Å². The van der Waals surface area contributed by atoms with Gasteiger partial charge in [0.15, 0.2) is 5.82 Å². The Hall–Kier alpha value is -4.17. The first-order valence-corrected chi connectivity index (χ1v) is 13.4. The van der Waals surface area contributed by atoms with E-state index in [1.165, 1.54) is 5.56 Å². The fourth-order valence-electron chi connectivity index (χ4n) is 4.92. The third kappa shape index (κ3) is 5.52. The van der Waals surface area contributed by atoms with Crippen molar-refractivity contribution in [3.05, 3.63) is 117 Å². The number of benzene rings is 2. The second-order valence-electron chi connectivity index (χ2n) is 10.8. The van der Waals surface area contributed by atoms with Crippen LogP contribution in [0.3, 0.4) is 0 Å². The molecule has 0 aliphatic rings. The molecule has 0 spiro atoms. The molecule has 8 nitrogen and oxygen atoms in total. The molecule has 0 amide bonds. The molecule has 2 aromatic carbocycles. The molecule has 3 aromatic heterocycles. The van der Waals surface area contributed by atoms with E-state index in [2.05, 4.69) is 89.3 Å². The Morgan fingerprint density at radius 3 is 2.41 bits per heavy atom. The molecular formula is C31H35N7O. The second-order valence-corrected chi connectivity index (χ2v) is 10.8. The molecule has 5 rings (SSSR count). The first kappa shape index (κ1) is 26.4. The summed E-state index contributed by atoms with van der Waals surface area (Å²) in [7, 11) is 0. The lowest BCUT2D eigenvalue weighted by molar-refractivity contribution is 0.180. The van der Waals surface area contributed by atoms with Crippen molar-refractivity contribution < 1.29 is 0 Å². The molecule has 8 heteroatoms. The molecule has 200 valence electrons. The minimum absolute atomic E-state index is 0.149. The van der Waals surface area contributed by atoms with Gasteiger partial charge in [0.25, 0.3) is 5.56 Å². The topological polar surface area (TPSA) is 92.6 Å². The lowest BCUT2D eigenvalue weighted by atomic mass is 9.97. The van der Waals surface area contributed by atoms with Gasteiger partial charge in [-0.2, -0.15) is 0 Å². The van der Waals surface area contributed by atoms with Crippen molar-refractivity contribution in [1.29, 1.82) is 0 Å². The number of hydrogen-bond acceptors (Lipinski definition) is 6. The van der Waals surface area contributed by atoms with Gasteiger partial charge >= 0.3 is 0 Å². The molecule has 39 heavy (non-hydrogen) atoms. The van der Waals surface area contributed by atoms with Crippen LogP contribution in [0.4, 0.5) is 0 Å². The number of aromatic amines is 1. The number of nitrogens with zero attached hydrogens (tertiary/aromatic N) is 6. The minimum atomic E-state index is -0.513. The second kappa shape index (κ2) is 10.9. The van der Waals surface area contributed by atoms with E-state index in [0.717, 1.165) is 34.0 Å². The first-order valence-electron chi connectivity index (χ1n) is 13.4. The van der Waals surface area contributed by atoms with Crippen LogP contribution in [0.5, 0.6) is 0 Å². The zero-order chi connectivity index (χ0) is 27.6. The summed E-state index contributed by atoms with van der Waals surface area (Å²) in [4.78, 5) is 23.6. The summed E-state index contributed by atoms with van der Waals surface area (Å²) >= 11 is 0. The lowest BCUT2D eigenvalue weighted by Crippen LogP contribution is -2.38. The van der Waals surface area contributed by atoms with Gasteiger partial charge in [0, 0.05) is 36.6 Å². The Morgan fingerprint density at radius 1 is 0.974 bits per heavy atom. The van der Waals surface area contributed by atoms with Crippen LogP contribution < -0.4 is 5.56 Å². The Labute approximate surface area is 228 Å². The molecule has 1 atom stereocenters. The average molecular weight is 522 g/mol. The third-order valence-electron chi connectivity index (χ3n) is 7.66. The Kier molecular flexibility index (Phi) is 7.39. The number of rotatable bonds is 9. The van der Waals surface area contributed by atoms with Gasteiger partial charge in [-0.05, 0) is 96.4 Å². The zero-order valence-electron chi connectivity index (χ0n) is 23.2. The highest BCUT2D eigenvalue weighted by Crippen LogP contribution is 2.33. The van der Waals surface area contributed by atoms with Crippen LogP contribution in [-0.4, -0.2) is 35.1 Å². The van der Waals surface area contributed by atoms with E-state index in [1.807, 2.05) is 47.3 Å². The maximum absolute atomic E-state index is 13.8. The predicted octanol–water partition coefficient (Wildman–Crippen LogP) is 5.46. The van der Waals surface area contributed by atoms with Crippen molar-refractivity contribution in [2.75, 3.05) is 0 Å². The molecular weight excluding hydrogens is 486 g/mol. The normalized spacial score (nSPS) is 12.8. The number of aryl methyl sites for hydroxylation is 2. The number of tetrazole rings is 1. The van der Waals surface area contributed by atoms with Crippen LogP contribution >= 0.6 is 0 Å². The molecule has 0 saturated carbocycles. The number of pyridine rings is 2. The standard InChI is InChI=1S/C31H35N7O/c1-6-31(4,5)38-29(34-35-36-38)28(26-17-25-15-21(2)22(3)16-27(25)33-30(26)39)37(19-23-11-8-7-9-12-23)20-24-13-10-14-32-18-24/h7-18,28H,6,19-20H2,1-5H3,(H,33,39)/t28-/m0/s1. The maximum atomic E-state index is 13.8. The summed E-state index contributed by atoms with van der Waals surface area (Å²) in [5.41, 5.74) is 5.41. The van der Waals surface area contributed by atoms with Gasteiger partial charge in [-0.25, -0.2) is 4.68 Å². The fourth-order valence-corrected chi connectivity index (χ4v) is 4.92. The first-order chi connectivity index (χ1) is 18.8. The van der Waals surface area contributed by atoms with E-state index in [9.17, 15) is 4.79 Å². The van der Waals surface area contributed by atoms with Gasteiger partial charge in [-0.3, -0.25) is 14.7 Å². The van der Waals surface area contributed by atoms with E-state index in [-0.39, 0.29) is 11.1 Å². The molecule has 1 N–H and O–H groups in total. The summed E-state index contributed by atoms with van der Waals surface area (Å²) in [6.45, 7) is 11.6. The highest BCUT2D eigenvalue weighted by molar-refractivity contribution is 5.81. The molecule has 0 unspecified atom stereocenters. The van der Waals surface area contributed by atoms with Gasteiger partial charge in [0.1, 0.15) is 6.04 Å². The Morgan fingerprint density at radius 2 is 1.69 bits per heavy atom. The fraction of sp³-hybridized carbons (Fsp3) is 0.323. The van der Waals surface area contributed by atoms with Crippen LogP contribution in [0.1, 0.15) is 66.9 Å². The van der Waals surface area contributed by atoms with E-state index in [1.54, 1.807) is 6.20 Å². The molecule has 5 aromatic rings. The molecule has 0 aliphatic heterocycles. The number of H-pyrrole nitrogens is 1. The molecule has 0 saturated heterocycles. The largest absolute Gasteiger partial charge is 0.322 e. The van der Waals surface area contributed by atoms with Crippen molar-refractivity contribution in [3.63, 3.8) is 0 Å². The lowest BCUT2D eigenvalue weighted by Gasteiger charge is -2.33. The zero-order valence-corrected chi connectivity index (χ0v) is 23.2. The van der Waals surface area contributed by atoms with Gasteiger partial charge in [0.2, 0.25) is 0 Å². The van der Waals surface area contributed by atoms with Crippen LogP contribution in [0.15, 0.2) is 77.9 Å². The van der Waals surface area contributed by atoms with Crippen LogP contribution in [-0.2, 0) is 18.6 Å². The van der Waals surface area contributed by atoms with Crippen LogP contribution in [0.25, 0.3) is 10.9 Å². The van der Waals surface area contributed by atoms with Crippen molar-refractivity contribution in [1.82, 2.24) is 35.1 Å². The smallest absolute Gasteiger partial charge is 0.253 e. The van der Waals surface area contributed by atoms with Crippen LogP contribution in [0, 0.1) is 13.8 Å². The van der Waals surface area contributed by atoms with E-state index < -0.39 is 6.04 Å². The number of aromatic nitrogens is 6. The van der Waals surface area contributed by atoms with Gasteiger partial charge < -0.3 is 4.98 Å². The summed E-state index contributed by atoms with van der Waals surface area (Å²) in [5.74, 6) is 0.635. The summed E-state index contributed by atoms with van der Waals surface area (Å²) in [6, 6.07) is 19.9. The number of hydrogen-bond donors (Lipinski definition) is 1. The van der Waals surface area contributed by atoms with Gasteiger partial charge in [-0.1, -0.05) is 43.3 Å². The minimum Gasteiger partial charge on any atom is -0.322 e. The maximum Gasteiger partial charge on any atom is 0.253 e. The van der Waals surface area contributed by atoms with Crippen molar-refractivity contribution in [3.8, 4) is 0 Å². The highest BCUT2D eigenvalue weighted by Gasteiger charge is 2.34. The Balaban J connectivity index is 1.75. The van der Waals surface area contributed by atoms with E-state index in [4.69, 9.17) is 0 Å². The average Bonchev–Trinajstić information content (AvgIpc) is 3.42. The third-order valence-corrected chi connectivity index (χ3v) is 7.66. The molecule has 0 radical (unpaired) electrons. The highest BCUT2D eigenvalue weighted by atomic mass is 16.1. The quantitative estimate of drug-likeness (QED) is 0.277. The number of fused-ring (bicyclic) bond motifs is 1. The molecule has 3 heterocycles. The van der Waals surface area contributed by atoms with Crippen molar-refractivity contribution >= 4 is 10.9 Å². The predicted molar refractivity (Wildman–Crippen MR) is 153 cm³/mol. The molecule has 0 fully saturated rings. The van der Waals surface area contributed by atoms with Crippen molar-refractivity contribution in [2.45, 2.75) is 65.7 Å². The van der Waals surface area contributed by atoms with Crippen molar-refractivity contribution in [2.24, 2.45) is 0 Å². The van der Waals surface area contributed by atoms with E-state index >= 15 is 0 Å².